The molecule has 0 spiro atoms. The molecule has 1 aromatic carbocycles. The number of nitrogens with zero attached hydrogens (tertiary/aromatic N) is 3. The number of amidine groups is 1. The van der Waals surface area contributed by atoms with Gasteiger partial charge in [0.25, 0.3) is 0 Å². The summed E-state index contributed by atoms with van der Waals surface area (Å²) in [7, 11) is 0. The van der Waals surface area contributed by atoms with E-state index in [1.807, 2.05) is 13.2 Å². The van der Waals surface area contributed by atoms with Crippen LogP contribution in [0.3, 0.4) is 0 Å². The molecule has 0 aliphatic heterocycles. The Balaban J connectivity index is 2.13. The van der Waals surface area contributed by atoms with Crippen LogP contribution >= 0.6 is 11.8 Å². The van der Waals surface area contributed by atoms with E-state index >= 15 is 0 Å². The van der Waals surface area contributed by atoms with Gasteiger partial charge in [-0.05, 0) is 44.9 Å². The van der Waals surface area contributed by atoms with E-state index in [-0.39, 0.29) is 6.54 Å². The summed E-state index contributed by atoms with van der Waals surface area (Å²) < 4.78 is 33.6. The van der Waals surface area contributed by atoms with E-state index in [1.165, 1.54) is 50.2 Å². The molecule has 0 radical (unpaired) electrons. The Morgan fingerprint density at radius 3 is 2.65 bits per heavy atom. The van der Waals surface area contributed by atoms with Gasteiger partial charge < -0.3 is 15.4 Å². The van der Waals surface area contributed by atoms with E-state index < -0.39 is 11.6 Å². The average molecular weight is 453 g/mol. The zero-order valence-electron chi connectivity index (χ0n) is 18.7. The Hall–Kier alpha value is -2.09. The zero-order chi connectivity index (χ0) is 22.6. The molecule has 2 N–H and O–H groups in total. The third-order valence-electron chi connectivity index (χ3n) is 5.37. The highest BCUT2D eigenvalue weighted by Gasteiger charge is 2.21. The van der Waals surface area contributed by atoms with E-state index in [0.29, 0.717) is 35.4 Å². The Labute approximate surface area is 188 Å². The monoisotopic (exact) mass is 452 g/mol. The number of halogens is 2. The molecule has 0 saturated heterocycles. The van der Waals surface area contributed by atoms with Crippen LogP contribution in [0.1, 0.15) is 45.1 Å². The van der Waals surface area contributed by atoms with E-state index in [2.05, 4.69) is 14.9 Å². The first kappa shape index (κ1) is 25.2. The molecular weight excluding hydrogens is 418 g/mol. The van der Waals surface area contributed by atoms with Crippen molar-refractivity contribution in [2.75, 3.05) is 36.6 Å². The Bertz CT molecular complexity index is 792. The first-order valence-corrected chi connectivity index (χ1v) is 12.2. The third-order valence-corrected chi connectivity index (χ3v) is 5.95. The number of allylic oxidation sites excluding steroid dienone is 1. The standard InChI is InChI=1S/C23H34F2N4OS/c1-4-29(16-18-7-5-6-8-18)23-12-22(25)21(24)11-19(23)14-27-17(2)28-15-20(13-26)30-9-10-31-3/h11-13,15,18H,4-10,14,16,26H2,1-3H3. The molecular formula is C23H34F2N4OS. The molecule has 0 bridgehead atoms. The lowest BCUT2D eigenvalue weighted by Crippen LogP contribution is -2.29. The number of aliphatic imine (C=N–C) groups is 2. The highest BCUT2D eigenvalue weighted by atomic mass is 32.2. The zero-order valence-corrected chi connectivity index (χ0v) is 19.6. The maximum Gasteiger partial charge on any atom is 0.160 e. The number of nitrogens with two attached hydrogens (primary N) is 1. The maximum atomic E-state index is 14.0. The second-order valence-electron chi connectivity index (χ2n) is 7.62. The molecule has 0 aromatic heterocycles. The summed E-state index contributed by atoms with van der Waals surface area (Å²) in [4.78, 5) is 10.9. The van der Waals surface area contributed by atoms with Gasteiger partial charge in [-0.25, -0.2) is 13.8 Å². The topological polar surface area (TPSA) is 63.2 Å². The molecule has 31 heavy (non-hydrogen) atoms. The van der Waals surface area contributed by atoms with Crippen LogP contribution in [0.15, 0.2) is 34.1 Å². The smallest absolute Gasteiger partial charge is 0.160 e. The number of rotatable bonds is 11. The number of hydrogen-bond donors (Lipinski definition) is 1. The predicted molar refractivity (Wildman–Crippen MR) is 128 cm³/mol. The molecule has 1 aliphatic carbocycles. The van der Waals surface area contributed by atoms with Gasteiger partial charge in [-0.3, -0.25) is 4.99 Å². The lowest BCUT2D eigenvalue weighted by atomic mass is 10.1. The molecule has 0 unspecified atom stereocenters. The SMILES string of the molecule is CCN(CC1CCCC1)c1cc(F)c(F)cc1CN=C(C)N=CC(=CN)OCCSC. The maximum absolute atomic E-state index is 14.0. The van der Waals surface area contributed by atoms with Gasteiger partial charge >= 0.3 is 0 Å². The molecule has 1 saturated carbocycles. The van der Waals surface area contributed by atoms with Crippen molar-refractivity contribution in [3.63, 3.8) is 0 Å². The Kier molecular flexibility index (Phi) is 10.8. The summed E-state index contributed by atoms with van der Waals surface area (Å²) in [6.45, 7) is 6.13. The van der Waals surface area contributed by atoms with Gasteiger partial charge in [0.1, 0.15) is 5.84 Å². The minimum Gasteiger partial charge on any atom is -0.490 e. The Morgan fingerprint density at radius 1 is 1.29 bits per heavy atom. The van der Waals surface area contributed by atoms with Gasteiger partial charge in [-0.15, -0.1) is 0 Å². The van der Waals surface area contributed by atoms with Crippen LogP contribution in [0.25, 0.3) is 0 Å². The number of ether oxygens (including phenoxy) is 1. The normalized spacial score (nSPS) is 15.8. The van der Waals surface area contributed by atoms with Crippen molar-refractivity contribution in [1.29, 1.82) is 0 Å². The van der Waals surface area contributed by atoms with Gasteiger partial charge in [-0.1, -0.05) is 12.8 Å². The molecule has 1 aliphatic rings. The van der Waals surface area contributed by atoms with Crippen LogP contribution in [-0.4, -0.2) is 43.8 Å². The minimum absolute atomic E-state index is 0.214. The summed E-state index contributed by atoms with van der Waals surface area (Å²) in [6.07, 6.45) is 9.74. The van der Waals surface area contributed by atoms with Gasteiger partial charge in [-0.2, -0.15) is 11.8 Å². The molecule has 5 nitrogen and oxygen atoms in total. The molecule has 172 valence electrons. The predicted octanol–water partition coefficient (Wildman–Crippen LogP) is 5.15. The van der Waals surface area contributed by atoms with Crippen molar-refractivity contribution < 1.29 is 13.5 Å². The molecule has 1 aromatic rings. The molecule has 2 rings (SSSR count). The van der Waals surface area contributed by atoms with E-state index in [1.54, 1.807) is 18.7 Å². The quantitative estimate of drug-likeness (QED) is 0.218. The van der Waals surface area contributed by atoms with Crippen LogP contribution in [0.5, 0.6) is 0 Å². The van der Waals surface area contributed by atoms with E-state index in [4.69, 9.17) is 10.5 Å². The van der Waals surface area contributed by atoms with E-state index in [9.17, 15) is 8.78 Å². The molecule has 8 heteroatoms. The lowest BCUT2D eigenvalue weighted by Gasteiger charge is -2.28. The highest BCUT2D eigenvalue weighted by molar-refractivity contribution is 7.98. The number of benzene rings is 1. The van der Waals surface area contributed by atoms with Gasteiger partial charge in [0.2, 0.25) is 0 Å². The third kappa shape index (κ3) is 8.16. The Morgan fingerprint density at radius 2 is 2.00 bits per heavy atom. The first-order valence-electron chi connectivity index (χ1n) is 10.8. The molecule has 0 amide bonds. The highest BCUT2D eigenvalue weighted by Crippen LogP contribution is 2.30. The minimum atomic E-state index is -0.859. The summed E-state index contributed by atoms with van der Waals surface area (Å²) in [5.74, 6) is 0.730. The first-order chi connectivity index (χ1) is 15.0. The van der Waals surface area contributed by atoms with Crippen LogP contribution in [0, 0.1) is 17.6 Å². The largest absolute Gasteiger partial charge is 0.490 e. The summed E-state index contributed by atoms with van der Waals surface area (Å²) >= 11 is 1.68. The van der Waals surface area contributed by atoms with Crippen molar-refractivity contribution in [1.82, 2.24) is 0 Å². The van der Waals surface area contributed by atoms with Crippen LogP contribution in [-0.2, 0) is 11.3 Å². The fourth-order valence-electron chi connectivity index (χ4n) is 3.67. The fourth-order valence-corrected chi connectivity index (χ4v) is 3.92. The summed E-state index contributed by atoms with van der Waals surface area (Å²) in [5, 5.41) is 0. The number of hydrogen-bond acceptors (Lipinski definition) is 5. The van der Waals surface area contributed by atoms with Crippen LogP contribution in [0.2, 0.25) is 0 Å². The van der Waals surface area contributed by atoms with Crippen LogP contribution in [0.4, 0.5) is 14.5 Å². The summed E-state index contributed by atoms with van der Waals surface area (Å²) in [6, 6.07) is 2.55. The van der Waals surface area contributed by atoms with Crippen molar-refractivity contribution in [2.24, 2.45) is 21.6 Å². The van der Waals surface area contributed by atoms with Crippen molar-refractivity contribution in [3.05, 3.63) is 41.3 Å². The second kappa shape index (κ2) is 13.3. The van der Waals surface area contributed by atoms with Crippen molar-refractivity contribution in [3.8, 4) is 0 Å². The van der Waals surface area contributed by atoms with Crippen LogP contribution < -0.4 is 10.6 Å². The fraction of sp³-hybridized carbons (Fsp3) is 0.565. The molecule has 0 heterocycles. The van der Waals surface area contributed by atoms with E-state index in [0.717, 1.165) is 18.8 Å². The van der Waals surface area contributed by atoms with Gasteiger partial charge in [0.05, 0.1) is 19.4 Å². The number of thioether (sulfide) groups is 1. The lowest BCUT2D eigenvalue weighted by molar-refractivity contribution is 0.254. The second-order valence-corrected chi connectivity index (χ2v) is 8.60. The average Bonchev–Trinajstić information content (AvgIpc) is 3.28. The van der Waals surface area contributed by atoms with Gasteiger partial charge in [0.15, 0.2) is 17.4 Å². The van der Waals surface area contributed by atoms with Crippen molar-refractivity contribution in [2.45, 2.75) is 46.1 Å². The molecule has 1 fully saturated rings. The van der Waals surface area contributed by atoms with Gasteiger partial charge in [0, 0.05) is 42.4 Å². The summed E-state index contributed by atoms with van der Waals surface area (Å²) in [5.41, 5.74) is 6.92. The number of anilines is 1. The molecule has 0 atom stereocenters. The van der Waals surface area contributed by atoms with Crippen molar-refractivity contribution >= 4 is 29.5 Å².